The molecule has 0 aromatic rings. The highest BCUT2D eigenvalue weighted by molar-refractivity contribution is 5.86. The first-order valence-electron chi connectivity index (χ1n) is 7.99. The Morgan fingerprint density at radius 3 is 2.44 bits per heavy atom. The van der Waals surface area contributed by atoms with Gasteiger partial charge in [0.05, 0.1) is 12.0 Å². The van der Waals surface area contributed by atoms with Crippen molar-refractivity contribution in [2.75, 3.05) is 19.7 Å². The minimum atomic E-state index is -4.63. The molecule has 1 heterocycles. The van der Waals surface area contributed by atoms with Gasteiger partial charge in [0, 0.05) is 13.1 Å². The van der Waals surface area contributed by atoms with Gasteiger partial charge in [0.2, 0.25) is 5.91 Å². The minimum absolute atomic E-state index is 0.00628. The number of carbonyl (C=O) groups is 3. The number of carbonyl (C=O) groups excluding carboxylic acids is 3. The van der Waals surface area contributed by atoms with Gasteiger partial charge in [0.1, 0.15) is 6.04 Å². The Morgan fingerprint density at radius 1 is 1.24 bits per heavy atom. The second-order valence-electron chi connectivity index (χ2n) is 6.15. The molecule has 1 aliphatic heterocycles. The average molecular weight is 368 g/mol. The number of nitrogens with zero attached hydrogens (tertiary/aromatic N) is 1. The number of esters is 1. The summed E-state index contributed by atoms with van der Waals surface area (Å²) in [5.41, 5.74) is 0. The summed E-state index contributed by atoms with van der Waals surface area (Å²) in [4.78, 5) is 36.5. The molecule has 0 unspecified atom stereocenters. The van der Waals surface area contributed by atoms with Gasteiger partial charge in [-0.2, -0.15) is 13.2 Å². The first-order valence-corrected chi connectivity index (χ1v) is 7.99. The predicted molar refractivity (Wildman–Crippen MR) is 80.5 cm³/mol. The van der Waals surface area contributed by atoms with Crippen LogP contribution in [0.25, 0.3) is 0 Å². The van der Waals surface area contributed by atoms with Crippen molar-refractivity contribution in [3.63, 3.8) is 0 Å². The van der Waals surface area contributed by atoms with Crippen molar-refractivity contribution < 1.29 is 37.0 Å². The third kappa shape index (κ3) is 7.18. The Labute approximate surface area is 143 Å². The van der Waals surface area contributed by atoms with Gasteiger partial charge in [0.15, 0.2) is 6.61 Å². The molecule has 1 rings (SSSR count). The molecular formula is C15H23F3N2O5. The number of nitrogens with one attached hydrogen (secondary N) is 1. The zero-order chi connectivity index (χ0) is 19.2. The lowest BCUT2D eigenvalue weighted by Gasteiger charge is -2.24. The van der Waals surface area contributed by atoms with Crippen LogP contribution in [-0.2, 0) is 19.1 Å². The van der Waals surface area contributed by atoms with Crippen LogP contribution < -0.4 is 5.32 Å². The first kappa shape index (κ1) is 21.0. The summed E-state index contributed by atoms with van der Waals surface area (Å²) < 4.78 is 45.5. The number of amides is 2. The van der Waals surface area contributed by atoms with E-state index in [0.717, 1.165) is 4.90 Å². The van der Waals surface area contributed by atoms with Crippen LogP contribution in [0.3, 0.4) is 0 Å². The molecule has 1 saturated heterocycles. The van der Waals surface area contributed by atoms with Gasteiger partial charge >= 0.3 is 18.2 Å². The van der Waals surface area contributed by atoms with Crippen molar-refractivity contribution >= 4 is 18.0 Å². The van der Waals surface area contributed by atoms with E-state index >= 15 is 0 Å². The maximum absolute atomic E-state index is 12.2. The molecule has 0 bridgehead atoms. The Bertz CT molecular complexity index is 496. The van der Waals surface area contributed by atoms with Crippen LogP contribution in [0.15, 0.2) is 0 Å². The first-order chi connectivity index (χ1) is 11.5. The van der Waals surface area contributed by atoms with Gasteiger partial charge in [-0.1, -0.05) is 6.92 Å². The van der Waals surface area contributed by atoms with Gasteiger partial charge in [-0.3, -0.25) is 14.5 Å². The van der Waals surface area contributed by atoms with E-state index in [1.807, 2.05) is 0 Å². The van der Waals surface area contributed by atoms with Crippen LogP contribution >= 0.6 is 0 Å². The zero-order valence-electron chi connectivity index (χ0n) is 14.4. The summed E-state index contributed by atoms with van der Waals surface area (Å²) in [6.45, 7) is 3.42. The van der Waals surface area contributed by atoms with Gasteiger partial charge < -0.3 is 14.8 Å². The Morgan fingerprint density at radius 2 is 1.88 bits per heavy atom. The lowest BCUT2D eigenvalue weighted by Crippen LogP contribution is -2.48. The second-order valence-corrected chi connectivity index (χ2v) is 6.15. The summed E-state index contributed by atoms with van der Waals surface area (Å²) in [6, 6.07) is -0.908. The summed E-state index contributed by atoms with van der Waals surface area (Å²) in [5.74, 6) is -1.59. The smallest absolute Gasteiger partial charge is 0.422 e. The fraction of sp³-hybridized carbons (Fsp3) is 0.800. The normalized spacial score (nSPS) is 18.8. The SMILES string of the molecule is CC(C)OC(=O)[C@H](C)CNC(=O)[C@H]1CCCN1C(=O)OCC(F)(F)F. The highest BCUT2D eigenvalue weighted by Crippen LogP contribution is 2.21. The maximum atomic E-state index is 12.2. The molecule has 0 aromatic heterocycles. The molecule has 1 fully saturated rings. The van der Waals surface area contributed by atoms with Crippen molar-refractivity contribution in [3.8, 4) is 0 Å². The van der Waals surface area contributed by atoms with E-state index in [4.69, 9.17) is 4.74 Å². The van der Waals surface area contributed by atoms with Gasteiger partial charge in [-0.25, -0.2) is 4.79 Å². The molecule has 2 atom stereocenters. The molecular weight excluding hydrogens is 345 g/mol. The van der Waals surface area contributed by atoms with Crippen LogP contribution in [0.4, 0.5) is 18.0 Å². The molecule has 0 radical (unpaired) electrons. The summed E-state index contributed by atoms with van der Waals surface area (Å²) in [5, 5.41) is 2.52. The summed E-state index contributed by atoms with van der Waals surface area (Å²) in [6.07, 6.45) is -5.29. The monoisotopic (exact) mass is 368 g/mol. The molecule has 0 aliphatic carbocycles. The van der Waals surface area contributed by atoms with Crippen molar-refractivity contribution in [3.05, 3.63) is 0 Å². The number of hydrogen-bond donors (Lipinski definition) is 1. The number of hydrogen-bond acceptors (Lipinski definition) is 5. The fourth-order valence-corrected chi connectivity index (χ4v) is 2.29. The van der Waals surface area contributed by atoms with Gasteiger partial charge in [-0.15, -0.1) is 0 Å². The minimum Gasteiger partial charge on any atom is -0.463 e. The van der Waals surface area contributed by atoms with Crippen LogP contribution in [0.5, 0.6) is 0 Å². The van der Waals surface area contributed by atoms with E-state index in [0.29, 0.717) is 12.8 Å². The predicted octanol–water partition coefficient (Wildman–Crippen LogP) is 1.85. The molecule has 0 aromatic carbocycles. The molecule has 1 N–H and O–H groups in total. The summed E-state index contributed by atoms with van der Waals surface area (Å²) >= 11 is 0. The molecule has 7 nitrogen and oxygen atoms in total. The van der Waals surface area contributed by atoms with Crippen LogP contribution in [0, 0.1) is 5.92 Å². The fourth-order valence-electron chi connectivity index (χ4n) is 2.29. The van der Waals surface area contributed by atoms with E-state index in [9.17, 15) is 27.6 Å². The Balaban J connectivity index is 2.50. The number of rotatable bonds is 6. The van der Waals surface area contributed by atoms with Crippen molar-refractivity contribution in [2.45, 2.75) is 51.9 Å². The highest BCUT2D eigenvalue weighted by Gasteiger charge is 2.37. The van der Waals surface area contributed by atoms with E-state index in [2.05, 4.69) is 10.1 Å². The number of alkyl halides is 3. The zero-order valence-corrected chi connectivity index (χ0v) is 14.4. The van der Waals surface area contributed by atoms with Gasteiger partial charge in [0.25, 0.3) is 0 Å². The second kappa shape index (κ2) is 8.91. The standard InChI is InChI=1S/C15H23F3N2O5/c1-9(2)25-13(22)10(3)7-19-12(21)11-5-4-6-20(11)14(23)24-8-15(16,17)18/h9-11H,4-8H2,1-3H3,(H,19,21)/t10-,11-/m1/s1. The lowest BCUT2D eigenvalue weighted by molar-refractivity contribution is -0.162. The van der Waals surface area contributed by atoms with Crippen LogP contribution in [0.1, 0.15) is 33.6 Å². The van der Waals surface area contributed by atoms with E-state index in [1.165, 1.54) is 0 Å². The number of ether oxygens (including phenoxy) is 2. The van der Waals surface area contributed by atoms with Crippen molar-refractivity contribution in [1.82, 2.24) is 10.2 Å². The Kier molecular flexibility index (Phi) is 7.50. The average Bonchev–Trinajstić information content (AvgIpc) is 2.98. The molecule has 144 valence electrons. The van der Waals surface area contributed by atoms with E-state index < -0.39 is 42.7 Å². The molecule has 2 amide bonds. The molecule has 1 aliphatic rings. The lowest BCUT2D eigenvalue weighted by atomic mass is 10.1. The van der Waals surface area contributed by atoms with Crippen LogP contribution in [-0.4, -0.2) is 60.9 Å². The Hall–Kier alpha value is -2.00. The van der Waals surface area contributed by atoms with E-state index in [-0.39, 0.29) is 19.2 Å². The topological polar surface area (TPSA) is 84.9 Å². The molecule has 10 heteroatoms. The van der Waals surface area contributed by atoms with E-state index in [1.54, 1.807) is 20.8 Å². The molecule has 0 spiro atoms. The number of halogens is 3. The summed E-state index contributed by atoms with van der Waals surface area (Å²) in [7, 11) is 0. The molecule has 0 saturated carbocycles. The maximum Gasteiger partial charge on any atom is 0.422 e. The van der Waals surface area contributed by atoms with Gasteiger partial charge in [-0.05, 0) is 26.7 Å². The quantitative estimate of drug-likeness (QED) is 0.724. The largest absolute Gasteiger partial charge is 0.463 e. The number of likely N-dealkylation sites (tertiary alicyclic amines) is 1. The third-order valence-electron chi connectivity index (χ3n) is 3.49. The third-order valence-corrected chi connectivity index (χ3v) is 3.49. The van der Waals surface area contributed by atoms with Crippen molar-refractivity contribution in [2.24, 2.45) is 5.92 Å². The van der Waals surface area contributed by atoms with Crippen LogP contribution in [0.2, 0.25) is 0 Å². The molecule has 25 heavy (non-hydrogen) atoms. The highest BCUT2D eigenvalue weighted by atomic mass is 19.4. The van der Waals surface area contributed by atoms with Crippen molar-refractivity contribution in [1.29, 1.82) is 0 Å².